The zero-order chi connectivity index (χ0) is 13.1. The Hall–Kier alpha value is -1.34. The van der Waals surface area contributed by atoms with Crippen LogP contribution in [0, 0.1) is 13.7 Å². The van der Waals surface area contributed by atoms with Crippen molar-refractivity contribution in [3.05, 3.63) is 61.2 Å². The predicted molar refractivity (Wildman–Crippen MR) is 77.3 cm³/mol. The molecule has 0 aliphatic heterocycles. The van der Waals surface area contributed by atoms with Gasteiger partial charge >= 0.3 is 5.69 Å². The van der Waals surface area contributed by atoms with E-state index in [1.54, 1.807) is 12.1 Å². The molecule has 0 amide bonds. The molecule has 92 valence electrons. The smallest absolute Gasteiger partial charge is 0.311 e. The number of hydrogen-bond donors (Lipinski definition) is 0. The van der Waals surface area contributed by atoms with Gasteiger partial charge in [-0.25, -0.2) is 0 Å². The lowest BCUT2D eigenvalue weighted by Gasteiger charge is -2.06. The number of hydrogen-bond acceptors (Lipinski definition) is 3. The van der Waals surface area contributed by atoms with E-state index in [1.807, 2.05) is 12.1 Å². The molecule has 0 aliphatic rings. The summed E-state index contributed by atoms with van der Waals surface area (Å²) in [6, 6.07) is 11.4. The maximum Gasteiger partial charge on any atom is 0.311 e. The van der Waals surface area contributed by atoms with Crippen molar-refractivity contribution in [1.29, 1.82) is 0 Å². The number of nitro benzene ring substituents is 1. The molecule has 0 bridgehead atoms. The van der Waals surface area contributed by atoms with E-state index in [0.29, 0.717) is 10.8 Å². The van der Waals surface area contributed by atoms with Crippen LogP contribution in [0.4, 0.5) is 5.69 Å². The number of rotatable bonds is 3. The van der Waals surface area contributed by atoms with Crippen molar-refractivity contribution < 1.29 is 9.66 Å². The van der Waals surface area contributed by atoms with Gasteiger partial charge in [-0.15, -0.1) is 0 Å². The molecule has 0 atom stereocenters. The Kier molecular flexibility index (Phi) is 4.03. The minimum absolute atomic E-state index is 0.113. The molecule has 0 heterocycles. The normalized spacial score (nSPS) is 10.1. The summed E-state index contributed by atoms with van der Waals surface area (Å²) in [5.74, 6) is 0.662. The van der Waals surface area contributed by atoms with Crippen molar-refractivity contribution in [3.8, 4) is 11.5 Å². The molecule has 0 N–H and O–H groups in total. The van der Waals surface area contributed by atoms with Crippen LogP contribution in [0.25, 0.3) is 0 Å². The third-order valence-corrected chi connectivity index (χ3v) is 3.11. The summed E-state index contributed by atoms with van der Waals surface area (Å²) >= 11 is 7.97. The first kappa shape index (κ1) is 13.1. The van der Waals surface area contributed by atoms with Crippen LogP contribution in [0.5, 0.6) is 11.5 Å². The molecule has 6 heteroatoms. The Morgan fingerprint density at radius 2 is 1.83 bits per heavy atom. The average Bonchev–Trinajstić information content (AvgIpc) is 2.32. The second kappa shape index (κ2) is 5.53. The second-order valence-electron chi connectivity index (χ2n) is 3.43. The van der Waals surface area contributed by atoms with E-state index >= 15 is 0 Å². The van der Waals surface area contributed by atoms with Gasteiger partial charge in [-0.2, -0.15) is 0 Å². The second-order valence-corrected chi connectivity index (χ2v) is 5.11. The molecule has 0 aromatic heterocycles. The average molecular weight is 376 g/mol. The minimum Gasteiger partial charge on any atom is -0.450 e. The first-order valence-corrected chi connectivity index (χ1v) is 6.39. The van der Waals surface area contributed by atoms with Crippen molar-refractivity contribution >= 4 is 39.9 Å². The van der Waals surface area contributed by atoms with Crippen molar-refractivity contribution in [2.45, 2.75) is 0 Å². The molecule has 0 aliphatic carbocycles. The molecule has 0 saturated carbocycles. The molecule has 0 unspecified atom stereocenters. The topological polar surface area (TPSA) is 52.4 Å². The van der Waals surface area contributed by atoms with Gasteiger partial charge in [0.2, 0.25) is 5.75 Å². The quantitative estimate of drug-likeness (QED) is 0.446. The Balaban J connectivity index is 2.35. The van der Waals surface area contributed by atoms with Gasteiger partial charge in [-0.1, -0.05) is 11.6 Å². The largest absolute Gasteiger partial charge is 0.450 e. The van der Waals surface area contributed by atoms with Crippen molar-refractivity contribution in [1.82, 2.24) is 0 Å². The van der Waals surface area contributed by atoms with Crippen molar-refractivity contribution in [3.63, 3.8) is 0 Å². The van der Waals surface area contributed by atoms with E-state index < -0.39 is 4.92 Å². The molecule has 2 aromatic rings. The fourth-order valence-electron chi connectivity index (χ4n) is 1.35. The summed E-state index contributed by atoms with van der Waals surface area (Å²) in [5, 5.41) is 11.2. The number of nitrogens with zero attached hydrogens (tertiary/aromatic N) is 1. The van der Waals surface area contributed by atoms with E-state index in [0.717, 1.165) is 3.57 Å². The summed E-state index contributed by atoms with van der Waals surface area (Å²) in [7, 11) is 0. The highest BCUT2D eigenvalue weighted by Gasteiger charge is 2.16. The fourth-order valence-corrected chi connectivity index (χ4v) is 1.87. The molecule has 0 radical (unpaired) electrons. The molecule has 2 rings (SSSR count). The van der Waals surface area contributed by atoms with Crippen LogP contribution in [0.2, 0.25) is 5.02 Å². The zero-order valence-corrected chi connectivity index (χ0v) is 11.9. The lowest BCUT2D eigenvalue weighted by atomic mass is 10.3. The highest BCUT2D eigenvalue weighted by atomic mass is 127. The third kappa shape index (κ3) is 3.11. The first-order chi connectivity index (χ1) is 8.56. The van der Waals surface area contributed by atoms with Crippen LogP contribution in [0.1, 0.15) is 0 Å². The predicted octanol–water partition coefficient (Wildman–Crippen LogP) is 4.65. The summed E-state index contributed by atoms with van der Waals surface area (Å²) in [4.78, 5) is 10.4. The zero-order valence-electron chi connectivity index (χ0n) is 8.97. The number of nitro groups is 1. The fraction of sp³-hybridized carbons (Fsp3) is 0. The maximum atomic E-state index is 10.9. The van der Waals surface area contributed by atoms with E-state index in [-0.39, 0.29) is 11.4 Å². The minimum atomic E-state index is -0.502. The lowest BCUT2D eigenvalue weighted by Crippen LogP contribution is -1.93. The van der Waals surface area contributed by atoms with Gasteiger partial charge in [0.1, 0.15) is 5.75 Å². The van der Waals surface area contributed by atoms with Gasteiger partial charge in [0.05, 0.1) is 4.92 Å². The van der Waals surface area contributed by atoms with E-state index in [4.69, 9.17) is 16.3 Å². The monoisotopic (exact) mass is 375 g/mol. The van der Waals surface area contributed by atoms with Gasteiger partial charge < -0.3 is 4.74 Å². The standard InChI is InChI=1S/C12H7ClINO3/c13-8-1-6-11(15(16)17)12(7-8)18-10-4-2-9(14)3-5-10/h1-7H. The van der Waals surface area contributed by atoms with Gasteiger partial charge in [-0.3, -0.25) is 10.1 Å². The van der Waals surface area contributed by atoms with Crippen molar-refractivity contribution in [2.24, 2.45) is 0 Å². The van der Waals surface area contributed by atoms with Gasteiger partial charge in [0.15, 0.2) is 0 Å². The van der Waals surface area contributed by atoms with Crippen LogP contribution in [-0.4, -0.2) is 4.92 Å². The highest BCUT2D eigenvalue weighted by Crippen LogP contribution is 2.33. The molecular formula is C12H7ClINO3. The summed E-state index contributed by atoms with van der Waals surface area (Å²) in [6.07, 6.45) is 0. The Bertz CT molecular complexity index is 586. The summed E-state index contributed by atoms with van der Waals surface area (Å²) in [5.41, 5.74) is -0.113. The molecule has 2 aromatic carbocycles. The van der Waals surface area contributed by atoms with Gasteiger partial charge in [0.25, 0.3) is 0 Å². The number of benzene rings is 2. The van der Waals surface area contributed by atoms with E-state index in [9.17, 15) is 10.1 Å². The Morgan fingerprint density at radius 3 is 2.44 bits per heavy atom. The third-order valence-electron chi connectivity index (χ3n) is 2.16. The maximum absolute atomic E-state index is 10.9. The van der Waals surface area contributed by atoms with Crippen LogP contribution in [0.15, 0.2) is 42.5 Å². The Labute approximate surface area is 122 Å². The molecular weight excluding hydrogens is 368 g/mol. The van der Waals surface area contributed by atoms with Crippen LogP contribution in [-0.2, 0) is 0 Å². The Morgan fingerprint density at radius 1 is 1.17 bits per heavy atom. The van der Waals surface area contributed by atoms with Crippen LogP contribution < -0.4 is 4.74 Å². The van der Waals surface area contributed by atoms with Gasteiger partial charge in [-0.05, 0) is 52.9 Å². The molecule has 0 spiro atoms. The van der Waals surface area contributed by atoms with E-state index in [1.165, 1.54) is 18.2 Å². The van der Waals surface area contributed by atoms with Crippen LogP contribution >= 0.6 is 34.2 Å². The SMILES string of the molecule is O=[N+]([O-])c1ccc(Cl)cc1Oc1ccc(I)cc1. The summed E-state index contributed by atoms with van der Waals surface area (Å²) in [6.45, 7) is 0. The first-order valence-electron chi connectivity index (χ1n) is 4.93. The molecule has 18 heavy (non-hydrogen) atoms. The summed E-state index contributed by atoms with van der Waals surface area (Å²) < 4.78 is 6.53. The molecule has 0 fully saturated rings. The molecule has 4 nitrogen and oxygen atoms in total. The lowest BCUT2D eigenvalue weighted by molar-refractivity contribution is -0.385. The van der Waals surface area contributed by atoms with E-state index in [2.05, 4.69) is 22.6 Å². The molecule has 0 saturated heterocycles. The highest BCUT2D eigenvalue weighted by molar-refractivity contribution is 14.1. The number of halogens is 2. The number of ether oxygens (including phenoxy) is 1. The van der Waals surface area contributed by atoms with Gasteiger partial charge in [0, 0.05) is 20.7 Å². The van der Waals surface area contributed by atoms with Crippen molar-refractivity contribution in [2.75, 3.05) is 0 Å². The van der Waals surface area contributed by atoms with Crippen LogP contribution in [0.3, 0.4) is 0 Å².